The van der Waals surface area contributed by atoms with Crippen molar-refractivity contribution >= 4 is 28.5 Å². The predicted octanol–water partition coefficient (Wildman–Crippen LogP) is 4.51. The average molecular weight is 532 g/mol. The topological polar surface area (TPSA) is 110 Å². The number of fused-ring (bicyclic) bond motifs is 1. The summed E-state index contributed by atoms with van der Waals surface area (Å²) >= 11 is 0. The van der Waals surface area contributed by atoms with E-state index >= 15 is 0 Å². The van der Waals surface area contributed by atoms with Gasteiger partial charge in [-0.3, -0.25) is 14.5 Å². The largest absolute Gasteiger partial charge is 0.504 e. The molecule has 1 fully saturated rings. The van der Waals surface area contributed by atoms with Gasteiger partial charge in [0.15, 0.2) is 11.5 Å². The molecule has 3 aromatic carbocycles. The molecule has 10 heteroatoms. The van der Waals surface area contributed by atoms with Crippen LogP contribution in [0.1, 0.15) is 43.7 Å². The van der Waals surface area contributed by atoms with E-state index in [1.807, 2.05) is 12.1 Å². The minimum atomic E-state index is -1.16. The number of carbonyl (C=O) groups is 2. The number of halogens is 1. The first-order valence-electron chi connectivity index (χ1n) is 13.0. The van der Waals surface area contributed by atoms with Crippen molar-refractivity contribution in [1.82, 2.24) is 20.3 Å². The number of anilines is 1. The van der Waals surface area contributed by atoms with Crippen LogP contribution in [0.3, 0.4) is 0 Å². The number of methoxy groups -OCH3 is 1. The van der Waals surface area contributed by atoms with E-state index in [0.29, 0.717) is 22.3 Å². The number of phenolic OH excluding ortho intramolecular Hbond substituents is 1. The van der Waals surface area contributed by atoms with Crippen LogP contribution in [0, 0.1) is 5.82 Å². The molecule has 1 aromatic heterocycles. The molecule has 202 valence electrons. The highest BCUT2D eigenvalue weighted by molar-refractivity contribution is 6.01. The highest BCUT2D eigenvalue weighted by atomic mass is 19.1. The lowest BCUT2D eigenvalue weighted by Crippen LogP contribution is -2.48. The lowest BCUT2D eigenvalue weighted by molar-refractivity contribution is -0.127. The van der Waals surface area contributed by atoms with E-state index in [2.05, 4.69) is 15.6 Å². The Morgan fingerprint density at radius 1 is 1.10 bits per heavy atom. The van der Waals surface area contributed by atoms with Crippen molar-refractivity contribution in [2.24, 2.45) is 0 Å². The fourth-order valence-electron chi connectivity index (χ4n) is 5.10. The minimum Gasteiger partial charge on any atom is -0.504 e. The van der Waals surface area contributed by atoms with Gasteiger partial charge in [0.1, 0.15) is 23.9 Å². The van der Waals surface area contributed by atoms with E-state index in [4.69, 9.17) is 4.74 Å². The molecule has 0 saturated heterocycles. The molecule has 2 amide bonds. The first-order valence-corrected chi connectivity index (χ1v) is 13.0. The monoisotopic (exact) mass is 531 g/mol. The molecular formula is C29H30FN5O4. The summed E-state index contributed by atoms with van der Waals surface area (Å²) in [4.78, 5) is 29.3. The van der Waals surface area contributed by atoms with Crippen LogP contribution in [0.25, 0.3) is 11.0 Å². The number of carbonyl (C=O) groups excluding carboxylic acids is 2. The van der Waals surface area contributed by atoms with Gasteiger partial charge in [-0.25, -0.2) is 9.07 Å². The third-order valence-corrected chi connectivity index (χ3v) is 7.06. The zero-order valence-electron chi connectivity index (χ0n) is 21.6. The maximum atomic E-state index is 14.0. The van der Waals surface area contributed by atoms with Crippen LogP contribution in [-0.4, -0.2) is 45.1 Å². The lowest BCUT2D eigenvalue weighted by atomic mass is 9.94. The summed E-state index contributed by atoms with van der Waals surface area (Å²) in [6, 6.07) is 16.1. The molecule has 1 saturated carbocycles. The van der Waals surface area contributed by atoms with Gasteiger partial charge >= 0.3 is 0 Å². The molecule has 2 N–H and O–H groups in total. The highest BCUT2D eigenvalue weighted by Gasteiger charge is 2.35. The second-order valence-electron chi connectivity index (χ2n) is 9.65. The van der Waals surface area contributed by atoms with Gasteiger partial charge in [0.2, 0.25) is 11.8 Å². The van der Waals surface area contributed by atoms with Crippen LogP contribution in [0.4, 0.5) is 10.1 Å². The molecule has 0 unspecified atom stereocenters. The molecule has 0 spiro atoms. The normalized spacial score (nSPS) is 14.6. The van der Waals surface area contributed by atoms with Crippen LogP contribution < -0.4 is 15.0 Å². The summed E-state index contributed by atoms with van der Waals surface area (Å²) in [5.41, 5.74) is 1.99. The number of phenols is 1. The number of aromatic nitrogens is 3. The van der Waals surface area contributed by atoms with Crippen molar-refractivity contribution in [2.45, 2.75) is 50.7 Å². The van der Waals surface area contributed by atoms with Crippen LogP contribution >= 0.6 is 0 Å². The number of aromatic hydroxyl groups is 1. The number of hydrogen-bond donors (Lipinski definition) is 2. The Hall–Kier alpha value is -4.47. The molecule has 0 radical (unpaired) electrons. The summed E-state index contributed by atoms with van der Waals surface area (Å²) in [6.45, 7) is -0.215. The predicted molar refractivity (Wildman–Crippen MR) is 144 cm³/mol. The van der Waals surface area contributed by atoms with Gasteiger partial charge in [-0.15, -0.1) is 5.10 Å². The summed E-state index contributed by atoms with van der Waals surface area (Å²) < 4.78 is 20.6. The maximum absolute atomic E-state index is 14.0. The Labute approximate surface area is 225 Å². The van der Waals surface area contributed by atoms with E-state index < -0.39 is 23.7 Å². The molecule has 1 aliphatic carbocycles. The lowest BCUT2D eigenvalue weighted by Gasteiger charge is -2.33. The van der Waals surface area contributed by atoms with Gasteiger partial charge in [0, 0.05) is 11.7 Å². The number of hydrogen-bond acceptors (Lipinski definition) is 6. The van der Waals surface area contributed by atoms with Crippen LogP contribution in [0.5, 0.6) is 11.5 Å². The fraction of sp³-hybridized carbons (Fsp3) is 0.310. The smallest absolute Gasteiger partial charge is 0.249 e. The van der Waals surface area contributed by atoms with Gasteiger partial charge < -0.3 is 15.2 Å². The van der Waals surface area contributed by atoms with Crippen molar-refractivity contribution in [1.29, 1.82) is 0 Å². The summed E-state index contributed by atoms with van der Waals surface area (Å²) in [5.74, 6) is -1.26. The standard InChI is InChI=1S/C29H30FN5O4/c1-39-26-16-11-19(17-25(26)36)28(29(38)31-21-7-3-2-4-8-21)35(22-14-12-20(30)13-15-22)27(37)18-34-24-10-6-5-9-23(24)32-33-34/h5-6,9-17,21,28,36H,2-4,7-8,18H2,1H3,(H,31,38)/t28-/m1/s1. The Morgan fingerprint density at radius 3 is 2.56 bits per heavy atom. The number of nitrogens with zero attached hydrogens (tertiary/aromatic N) is 4. The third-order valence-electron chi connectivity index (χ3n) is 7.06. The highest BCUT2D eigenvalue weighted by Crippen LogP contribution is 2.34. The molecule has 1 heterocycles. The first-order chi connectivity index (χ1) is 18.9. The summed E-state index contributed by atoms with van der Waals surface area (Å²) in [6.07, 6.45) is 4.84. The average Bonchev–Trinajstić information content (AvgIpc) is 3.35. The van der Waals surface area contributed by atoms with Crippen LogP contribution in [0.15, 0.2) is 66.7 Å². The number of ether oxygens (including phenoxy) is 1. The van der Waals surface area contributed by atoms with Crippen molar-refractivity contribution in [3.05, 3.63) is 78.1 Å². The number of benzene rings is 3. The van der Waals surface area contributed by atoms with E-state index in [0.717, 1.165) is 32.1 Å². The maximum Gasteiger partial charge on any atom is 0.249 e. The Balaban J connectivity index is 1.58. The molecule has 39 heavy (non-hydrogen) atoms. The van der Waals surface area contributed by atoms with E-state index in [-0.39, 0.29) is 24.1 Å². The zero-order valence-corrected chi connectivity index (χ0v) is 21.6. The van der Waals surface area contributed by atoms with Gasteiger partial charge in [-0.05, 0) is 66.9 Å². The molecule has 1 aliphatic rings. The van der Waals surface area contributed by atoms with Crippen molar-refractivity contribution < 1.29 is 23.8 Å². The van der Waals surface area contributed by atoms with Crippen molar-refractivity contribution in [3.63, 3.8) is 0 Å². The van der Waals surface area contributed by atoms with Crippen molar-refractivity contribution in [3.8, 4) is 11.5 Å². The second-order valence-corrected chi connectivity index (χ2v) is 9.65. The van der Waals surface area contributed by atoms with Gasteiger partial charge in [0.25, 0.3) is 0 Å². The number of amides is 2. The second kappa shape index (κ2) is 11.5. The van der Waals surface area contributed by atoms with E-state index in [1.165, 1.54) is 47.0 Å². The van der Waals surface area contributed by atoms with Gasteiger partial charge in [-0.1, -0.05) is 42.7 Å². The van der Waals surface area contributed by atoms with E-state index in [1.54, 1.807) is 24.3 Å². The van der Waals surface area contributed by atoms with Crippen molar-refractivity contribution in [2.75, 3.05) is 12.0 Å². The van der Waals surface area contributed by atoms with Crippen LogP contribution in [-0.2, 0) is 16.1 Å². The molecule has 1 atom stereocenters. The molecule has 5 rings (SSSR count). The first kappa shape index (κ1) is 26.1. The minimum absolute atomic E-state index is 0.0231. The number of rotatable bonds is 8. The van der Waals surface area contributed by atoms with Crippen LogP contribution in [0.2, 0.25) is 0 Å². The molecule has 0 aliphatic heterocycles. The summed E-state index contributed by atoms with van der Waals surface area (Å²) in [7, 11) is 1.43. The van der Waals surface area contributed by atoms with Gasteiger partial charge in [0.05, 0.1) is 12.6 Å². The Morgan fingerprint density at radius 2 is 1.85 bits per heavy atom. The summed E-state index contributed by atoms with van der Waals surface area (Å²) in [5, 5.41) is 21.9. The SMILES string of the molecule is COc1ccc([C@H](C(=O)NC2CCCCC2)N(C(=O)Cn2nnc3ccccc32)c2ccc(F)cc2)cc1O. The molecule has 9 nitrogen and oxygen atoms in total. The quantitative estimate of drug-likeness (QED) is 0.346. The van der Waals surface area contributed by atoms with Gasteiger partial charge in [-0.2, -0.15) is 0 Å². The Kier molecular flexibility index (Phi) is 7.72. The van der Waals surface area contributed by atoms with E-state index in [9.17, 15) is 19.1 Å². The Bertz CT molecular complexity index is 1470. The number of nitrogens with one attached hydrogen (secondary N) is 1. The molecule has 0 bridgehead atoms. The fourth-order valence-corrected chi connectivity index (χ4v) is 5.10. The zero-order chi connectivity index (χ0) is 27.4. The molecular weight excluding hydrogens is 501 g/mol. The molecule has 4 aromatic rings. The number of para-hydroxylation sites is 1. The third kappa shape index (κ3) is 5.69.